The topological polar surface area (TPSA) is 60.8 Å². The summed E-state index contributed by atoms with van der Waals surface area (Å²) in [6.07, 6.45) is -0.0429. The summed E-state index contributed by atoms with van der Waals surface area (Å²) in [6.45, 7) is 0. The fourth-order valence-electron chi connectivity index (χ4n) is 4.85. The maximum absolute atomic E-state index is 13.6. The number of carbonyl (C=O) groups excluding carboxylic acids is 1. The normalized spacial score (nSPS) is 18.1. The minimum atomic E-state index is -0.817. The standard InChI is InChI=1S/C30H25F2NO3/c31-23-8-4-20(5-9-23)28(35)17-16-27-29(33(30(27)36)25-12-10-24(32)11-13-25)22-3-1-2-21(18-22)19-6-14-26(34)15-7-19/h1-15,18,27-29,34-35H,16-17H2/t27-,28+,29-/m1/s1. The molecule has 0 aromatic heterocycles. The molecule has 0 bridgehead atoms. The minimum absolute atomic E-state index is 0.0899. The van der Waals surface area contributed by atoms with Gasteiger partial charge in [0.1, 0.15) is 17.4 Å². The minimum Gasteiger partial charge on any atom is -0.508 e. The average Bonchev–Trinajstić information content (AvgIpc) is 2.89. The molecule has 0 spiro atoms. The van der Waals surface area contributed by atoms with Crippen molar-refractivity contribution in [1.82, 2.24) is 0 Å². The quantitative estimate of drug-likeness (QED) is 0.292. The summed E-state index contributed by atoms with van der Waals surface area (Å²) in [5, 5.41) is 20.3. The number of halogens is 2. The zero-order valence-electron chi connectivity index (χ0n) is 19.4. The molecule has 5 rings (SSSR count). The van der Waals surface area contributed by atoms with E-state index in [1.165, 1.54) is 24.3 Å². The number of anilines is 1. The summed E-state index contributed by atoms with van der Waals surface area (Å²) in [5.74, 6) is -1.03. The molecule has 36 heavy (non-hydrogen) atoms. The van der Waals surface area contributed by atoms with E-state index in [1.54, 1.807) is 41.3 Å². The molecule has 182 valence electrons. The highest BCUT2D eigenvalue weighted by atomic mass is 19.1. The van der Waals surface area contributed by atoms with Crippen LogP contribution in [-0.2, 0) is 4.79 Å². The lowest BCUT2D eigenvalue weighted by molar-refractivity contribution is -0.131. The molecule has 0 radical (unpaired) electrons. The number of carbonyl (C=O) groups is 1. The van der Waals surface area contributed by atoms with Gasteiger partial charge in [-0.05, 0) is 89.7 Å². The monoisotopic (exact) mass is 485 g/mol. The third-order valence-electron chi connectivity index (χ3n) is 6.75. The van der Waals surface area contributed by atoms with Crippen LogP contribution in [0.15, 0.2) is 97.1 Å². The molecule has 1 heterocycles. The third kappa shape index (κ3) is 4.72. The van der Waals surface area contributed by atoms with Crippen molar-refractivity contribution in [1.29, 1.82) is 0 Å². The lowest BCUT2D eigenvalue weighted by atomic mass is 9.77. The summed E-state index contributed by atoms with van der Waals surface area (Å²) in [5.41, 5.74) is 4.00. The van der Waals surface area contributed by atoms with Crippen molar-refractivity contribution in [2.45, 2.75) is 25.0 Å². The van der Waals surface area contributed by atoms with Crippen molar-refractivity contribution in [3.63, 3.8) is 0 Å². The van der Waals surface area contributed by atoms with Gasteiger partial charge < -0.3 is 15.1 Å². The predicted octanol–water partition coefficient (Wildman–Crippen LogP) is 6.56. The first kappa shape index (κ1) is 23.7. The van der Waals surface area contributed by atoms with Gasteiger partial charge in [0, 0.05) is 5.69 Å². The van der Waals surface area contributed by atoms with Gasteiger partial charge in [-0.25, -0.2) is 8.78 Å². The van der Waals surface area contributed by atoms with Gasteiger partial charge in [0.15, 0.2) is 0 Å². The number of hydrogen-bond donors (Lipinski definition) is 2. The van der Waals surface area contributed by atoms with Gasteiger partial charge in [-0.15, -0.1) is 0 Å². The van der Waals surface area contributed by atoms with E-state index in [2.05, 4.69) is 0 Å². The van der Waals surface area contributed by atoms with E-state index in [4.69, 9.17) is 0 Å². The van der Waals surface area contributed by atoms with E-state index in [-0.39, 0.29) is 35.3 Å². The Morgan fingerprint density at radius 3 is 2.11 bits per heavy atom. The van der Waals surface area contributed by atoms with Gasteiger partial charge in [-0.1, -0.05) is 42.5 Å². The number of aromatic hydroxyl groups is 1. The molecule has 4 nitrogen and oxygen atoms in total. The van der Waals surface area contributed by atoms with Gasteiger partial charge in [-0.2, -0.15) is 0 Å². The van der Waals surface area contributed by atoms with E-state index in [0.29, 0.717) is 24.1 Å². The predicted molar refractivity (Wildman–Crippen MR) is 134 cm³/mol. The molecule has 6 heteroatoms. The maximum Gasteiger partial charge on any atom is 0.233 e. The first-order chi connectivity index (χ1) is 17.4. The zero-order valence-corrected chi connectivity index (χ0v) is 19.4. The second-order valence-electron chi connectivity index (χ2n) is 9.05. The first-order valence-corrected chi connectivity index (χ1v) is 11.8. The number of hydrogen-bond acceptors (Lipinski definition) is 3. The van der Waals surface area contributed by atoms with Crippen LogP contribution in [0.1, 0.15) is 36.1 Å². The zero-order chi connectivity index (χ0) is 25.2. The van der Waals surface area contributed by atoms with Crippen LogP contribution in [0, 0.1) is 17.6 Å². The lowest BCUT2D eigenvalue weighted by Gasteiger charge is -2.48. The van der Waals surface area contributed by atoms with Crippen LogP contribution >= 0.6 is 0 Å². The number of β-lactam (4-membered cyclic amide) rings is 1. The molecule has 4 aromatic carbocycles. The molecule has 0 unspecified atom stereocenters. The van der Waals surface area contributed by atoms with Gasteiger partial charge in [-0.3, -0.25) is 4.79 Å². The summed E-state index contributed by atoms with van der Waals surface area (Å²) >= 11 is 0. The van der Waals surface area contributed by atoms with Crippen LogP contribution < -0.4 is 4.90 Å². The number of phenols is 1. The molecule has 2 N–H and O–H groups in total. The molecule has 1 fully saturated rings. The molecule has 4 aromatic rings. The smallest absolute Gasteiger partial charge is 0.233 e. The molecule has 1 aliphatic heterocycles. The molecule has 1 aliphatic rings. The maximum atomic E-state index is 13.6. The van der Waals surface area contributed by atoms with Crippen LogP contribution in [0.2, 0.25) is 0 Å². The van der Waals surface area contributed by atoms with Crippen molar-refractivity contribution in [2.24, 2.45) is 5.92 Å². The molecule has 0 aliphatic carbocycles. The Labute approximate surface area is 208 Å². The Hall–Kier alpha value is -4.03. The van der Waals surface area contributed by atoms with Gasteiger partial charge in [0.05, 0.1) is 18.1 Å². The molecule has 0 saturated carbocycles. The third-order valence-corrected chi connectivity index (χ3v) is 6.75. The highest BCUT2D eigenvalue weighted by Crippen LogP contribution is 2.47. The Kier molecular flexibility index (Phi) is 6.53. The Morgan fingerprint density at radius 2 is 1.44 bits per heavy atom. The van der Waals surface area contributed by atoms with E-state index < -0.39 is 6.10 Å². The fraction of sp³-hybridized carbons (Fsp3) is 0.167. The largest absolute Gasteiger partial charge is 0.508 e. The van der Waals surface area contributed by atoms with Gasteiger partial charge in [0.25, 0.3) is 0 Å². The van der Waals surface area contributed by atoms with Gasteiger partial charge in [0.2, 0.25) is 5.91 Å². The summed E-state index contributed by atoms with van der Waals surface area (Å²) in [6, 6.07) is 26.0. The molecular weight excluding hydrogens is 460 g/mol. The number of aliphatic hydroxyl groups excluding tert-OH is 1. The average molecular weight is 486 g/mol. The van der Waals surface area contributed by atoms with E-state index in [0.717, 1.165) is 16.7 Å². The van der Waals surface area contributed by atoms with Crippen molar-refractivity contribution < 1.29 is 23.8 Å². The number of nitrogens with zero attached hydrogens (tertiary/aromatic N) is 1. The van der Waals surface area contributed by atoms with Crippen LogP contribution in [0.5, 0.6) is 5.75 Å². The number of amides is 1. The van der Waals surface area contributed by atoms with Crippen LogP contribution in [0.3, 0.4) is 0 Å². The Bertz CT molecular complexity index is 1350. The molecular formula is C30H25F2NO3. The second-order valence-corrected chi connectivity index (χ2v) is 9.05. The molecule has 3 atom stereocenters. The fourth-order valence-corrected chi connectivity index (χ4v) is 4.85. The highest BCUT2D eigenvalue weighted by molar-refractivity contribution is 6.03. The van der Waals surface area contributed by atoms with Crippen molar-refractivity contribution in [3.8, 4) is 16.9 Å². The van der Waals surface area contributed by atoms with Crippen LogP contribution in [0.4, 0.5) is 14.5 Å². The Balaban J connectivity index is 1.43. The second kappa shape index (κ2) is 9.91. The number of benzene rings is 4. The number of rotatable bonds is 7. The van der Waals surface area contributed by atoms with E-state index in [9.17, 15) is 23.8 Å². The number of aliphatic hydroxyl groups is 1. The van der Waals surface area contributed by atoms with Crippen LogP contribution in [0.25, 0.3) is 11.1 Å². The first-order valence-electron chi connectivity index (χ1n) is 11.8. The SMILES string of the molecule is O=C1[C@H](CC[C@H](O)c2ccc(F)cc2)[C@@H](c2cccc(-c3ccc(O)cc3)c2)N1c1ccc(F)cc1. The lowest BCUT2D eigenvalue weighted by Crippen LogP contribution is -2.55. The summed E-state index contributed by atoms with van der Waals surface area (Å²) < 4.78 is 26.8. The van der Waals surface area contributed by atoms with Crippen molar-refractivity contribution >= 4 is 11.6 Å². The Morgan fingerprint density at radius 1 is 0.806 bits per heavy atom. The summed E-state index contributed by atoms with van der Waals surface area (Å²) in [7, 11) is 0. The molecule has 1 amide bonds. The van der Waals surface area contributed by atoms with Crippen molar-refractivity contribution in [3.05, 3.63) is 120 Å². The highest BCUT2D eigenvalue weighted by Gasteiger charge is 2.48. The van der Waals surface area contributed by atoms with Crippen molar-refractivity contribution in [2.75, 3.05) is 4.90 Å². The van der Waals surface area contributed by atoms with E-state index >= 15 is 0 Å². The summed E-state index contributed by atoms with van der Waals surface area (Å²) in [4.78, 5) is 15.0. The molecule has 1 saturated heterocycles. The van der Waals surface area contributed by atoms with Gasteiger partial charge >= 0.3 is 0 Å². The van der Waals surface area contributed by atoms with Crippen LogP contribution in [-0.4, -0.2) is 16.1 Å². The van der Waals surface area contributed by atoms with E-state index in [1.807, 2.05) is 36.4 Å². The number of phenolic OH excluding ortho intramolecular Hbond substituents is 1.